The molecular weight excluding hydrogens is 474 g/mol. The van der Waals surface area contributed by atoms with E-state index in [0.717, 1.165) is 22.4 Å². The van der Waals surface area contributed by atoms with E-state index in [-0.39, 0.29) is 31.4 Å². The highest BCUT2D eigenvalue weighted by molar-refractivity contribution is 6.03. The Morgan fingerprint density at radius 1 is 0.943 bits per heavy atom. The molecule has 0 saturated heterocycles. The van der Waals surface area contributed by atoms with Crippen LogP contribution in [-0.4, -0.2) is 28.8 Å². The van der Waals surface area contributed by atoms with Crippen LogP contribution in [0.15, 0.2) is 41.5 Å². The molecule has 190 valence electrons. The third kappa shape index (κ3) is 6.55. The first kappa shape index (κ1) is 26.6. The number of aryl methyl sites for hydroxylation is 2. The first-order chi connectivity index (χ1) is 16.1. The van der Waals surface area contributed by atoms with Gasteiger partial charge in [-0.3, -0.25) is 4.79 Å². The zero-order valence-corrected chi connectivity index (χ0v) is 19.8. The second kappa shape index (κ2) is 9.54. The maximum atomic E-state index is 13.0. The Balaban J connectivity index is 1.66. The second-order valence-corrected chi connectivity index (χ2v) is 9.31. The number of nitrogens with zero attached hydrogens (tertiary/aromatic N) is 2. The summed E-state index contributed by atoms with van der Waals surface area (Å²) in [6, 6.07) is 7.09. The number of amides is 1. The number of hydrogen-bond donors (Lipinski definition) is 0. The molecule has 35 heavy (non-hydrogen) atoms. The van der Waals surface area contributed by atoms with Gasteiger partial charge in [-0.25, -0.2) is 5.01 Å². The fraction of sp³-hybridized carbons (Fsp3) is 0.440. The molecular formula is C25H26F6N2O2. The van der Waals surface area contributed by atoms with E-state index >= 15 is 0 Å². The average molecular weight is 500 g/mol. The topological polar surface area (TPSA) is 41.9 Å². The molecule has 1 aliphatic rings. The van der Waals surface area contributed by atoms with Gasteiger partial charge in [-0.2, -0.15) is 31.4 Å². The average Bonchev–Trinajstić information content (AvgIpc) is 3.04. The highest BCUT2D eigenvalue weighted by atomic mass is 19.4. The van der Waals surface area contributed by atoms with E-state index in [9.17, 15) is 31.1 Å². The summed E-state index contributed by atoms with van der Waals surface area (Å²) in [6.45, 7) is 7.47. The highest BCUT2D eigenvalue weighted by Crippen LogP contribution is 2.38. The van der Waals surface area contributed by atoms with Crippen molar-refractivity contribution in [2.75, 3.05) is 6.61 Å². The number of benzene rings is 2. The Hall–Kier alpha value is -3.04. The summed E-state index contributed by atoms with van der Waals surface area (Å²) in [4.78, 5) is 12.8. The maximum absolute atomic E-state index is 13.0. The van der Waals surface area contributed by atoms with Crippen LogP contribution in [-0.2, 0) is 17.1 Å². The maximum Gasteiger partial charge on any atom is 0.416 e. The summed E-state index contributed by atoms with van der Waals surface area (Å²) in [5, 5.41) is 5.91. The molecule has 0 N–H and O–H groups in total. The molecule has 1 aliphatic heterocycles. The number of rotatable bonds is 6. The highest BCUT2D eigenvalue weighted by Gasteiger charge is 2.39. The number of alkyl halides is 6. The van der Waals surface area contributed by atoms with Crippen LogP contribution in [0.1, 0.15) is 60.9 Å². The van der Waals surface area contributed by atoms with Gasteiger partial charge in [0.1, 0.15) is 5.75 Å². The van der Waals surface area contributed by atoms with Gasteiger partial charge in [0.15, 0.2) is 0 Å². The molecule has 0 atom stereocenters. The van der Waals surface area contributed by atoms with Crippen LogP contribution < -0.4 is 4.74 Å². The minimum Gasteiger partial charge on any atom is -0.494 e. The molecule has 2 aromatic rings. The third-order valence-electron chi connectivity index (χ3n) is 5.55. The van der Waals surface area contributed by atoms with E-state index in [1.54, 1.807) is 0 Å². The molecule has 1 amide bonds. The fourth-order valence-electron chi connectivity index (χ4n) is 4.00. The summed E-state index contributed by atoms with van der Waals surface area (Å²) in [7, 11) is 0. The minimum atomic E-state index is -4.96. The smallest absolute Gasteiger partial charge is 0.416 e. The molecule has 0 aromatic heterocycles. The summed E-state index contributed by atoms with van der Waals surface area (Å²) in [5.74, 6) is -0.866. The Labute approximate surface area is 199 Å². The normalized spacial score (nSPS) is 15.8. The van der Waals surface area contributed by atoms with Crippen LogP contribution in [0.2, 0.25) is 0 Å². The van der Waals surface area contributed by atoms with Gasteiger partial charge in [-0.15, -0.1) is 0 Å². The van der Waals surface area contributed by atoms with Crippen molar-refractivity contribution in [1.82, 2.24) is 5.01 Å². The summed E-state index contributed by atoms with van der Waals surface area (Å²) >= 11 is 0. The number of hydrazone groups is 1. The van der Waals surface area contributed by atoms with Crippen molar-refractivity contribution in [1.29, 1.82) is 0 Å². The molecule has 0 spiro atoms. The zero-order valence-electron chi connectivity index (χ0n) is 19.8. The van der Waals surface area contributed by atoms with E-state index in [1.165, 1.54) is 5.01 Å². The zero-order chi connectivity index (χ0) is 26.2. The van der Waals surface area contributed by atoms with Gasteiger partial charge < -0.3 is 4.74 Å². The van der Waals surface area contributed by atoms with E-state index in [0.29, 0.717) is 18.6 Å². The van der Waals surface area contributed by atoms with E-state index < -0.39 is 34.8 Å². The minimum absolute atomic E-state index is 0.0296. The number of carbonyl (C=O) groups excluding carboxylic acids is 1. The molecule has 10 heteroatoms. The second-order valence-electron chi connectivity index (χ2n) is 9.31. The summed E-state index contributed by atoms with van der Waals surface area (Å²) in [5.41, 5.74) is 0.370. The molecule has 0 radical (unpaired) electrons. The Morgan fingerprint density at radius 2 is 1.49 bits per heavy atom. The lowest BCUT2D eigenvalue weighted by Crippen LogP contribution is -2.40. The Morgan fingerprint density at radius 3 is 2.00 bits per heavy atom. The first-order valence-electron chi connectivity index (χ1n) is 11.0. The fourth-order valence-corrected chi connectivity index (χ4v) is 4.00. The number of hydrogen-bond acceptors (Lipinski definition) is 3. The molecule has 4 nitrogen and oxygen atoms in total. The molecule has 0 saturated carbocycles. The molecule has 0 bridgehead atoms. The predicted octanol–water partition coefficient (Wildman–Crippen LogP) is 6.92. The van der Waals surface area contributed by atoms with Crippen LogP contribution in [0.25, 0.3) is 0 Å². The van der Waals surface area contributed by atoms with Gasteiger partial charge >= 0.3 is 12.4 Å². The van der Waals surface area contributed by atoms with Crippen molar-refractivity contribution in [2.45, 2.75) is 64.8 Å². The van der Waals surface area contributed by atoms with Crippen molar-refractivity contribution in [3.63, 3.8) is 0 Å². The summed E-state index contributed by atoms with van der Waals surface area (Å²) in [6.07, 6.45) is -9.30. The predicted molar refractivity (Wildman–Crippen MR) is 119 cm³/mol. The van der Waals surface area contributed by atoms with Gasteiger partial charge in [-0.05, 0) is 57.9 Å². The van der Waals surface area contributed by atoms with Crippen LogP contribution in [0.4, 0.5) is 26.3 Å². The van der Waals surface area contributed by atoms with E-state index in [4.69, 9.17) is 4.74 Å². The molecule has 0 unspecified atom stereocenters. The van der Waals surface area contributed by atoms with Crippen molar-refractivity contribution in [3.8, 4) is 5.75 Å². The van der Waals surface area contributed by atoms with Crippen LogP contribution in [0.5, 0.6) is 5.75 Å². The van der Waals surface area contributed by atoms with Crippen molar-refractivity contribution >= 4 is 11.6 Å². The van der Waals surface area contributed by atoms with Gasteiger partial charge in [0, 0.05) is 12.8 Å². The lowest BCUT2D eigenvalue weighted by atomic mass is 9.93. The molecule has 0 fully saturated rings. The largest absolute Gasteiger partial charge is 0.494 e. The van der Waals surface area contributed by atoms with E-state index in [2.05, 4.69) is 5.10 Å². The van der Waals surface area contributed by atoms with Gasteiger partial charge in [-0.1, -0.05) is 29.3 Å². The molecule has 3 rings (SSSR count). The van der Waals surface area contributed by atoms with Gasteiger partial charge in [0.25, 0.3) is 0 Å². The Bertz CT molecular complexity index is 1080. The number of carbonyl (C=O) groups is 1. The van der Waals surface area contributed by atoms with Crippen LogP contribution in [0.3, 0.4) is 0 Å². The quantitative estimate of drug-likeness (QED) is 0.319. The number of ether oxygens (including phenoxy) is 1. The number of halogens is 6. The van der Waals surface area contributed by atoms with Gasteiger partial charge in [0.2, 0.25) is 5.91 Å². The first-order valence-corrected chi connectivity index (χ1v) is 11.0. The Kier molecular flexibility index (Phi) is 7.24. The standard InChI is InChI=1S/C25H26F6N2O2/c1-15-8-16(2)10-17(9-15)21-14-23(3,4)33(32-21)22(34)6-5-7-35-20-12-18(24(26,27)28)11-19(13-20)25(29,30)31/h8-13H,5-7,14H2,1-4H3. The molecule has 1 heterocycles. The summed E-state index contributed by atoms with van der Waals surface area (Å²) < 4.78 is 83.1. The molecule has 0 aliphatic carbocycles. The van der Waals surface area contributed by atoms with E-state index in [1.807, 2.05) is 45.9 Å². The SMILES string of the molecule is Cc1cc(C)cc(C2=NN(C(=O)CCCOc3cc(C(F)(F)F)cc(C(F)(F)F)c3)C(C)(C)C2)c1. The van der Waals surface area contributed by atoms with Gasteiger partial charge in [0.05, 0.1) is 29.0 Å². The monoisotopic (exact) mass is 500 g/mol. The van der Waals surface area contributed by atoms with Crippen molar-refractivity contribution in [3.05, 3.63) is 64.2 Å². The van der Waals surface area contributed by atoms with Crippen LogP contribution in [0, 0.1) is 13.8 Å². The van der Waals surface area contributed by atoms with Crippen LogP contribution >= 0.6 is 0 Å². The lowest BCUT2D eigenvalue weighted by Gasteiger charge is -2.28. The lowest BCUT2D eigenvalue weighted by molar-refractivity contribution is -0.143. The van der Waals surface area contributed by atoms with Crippen molar-refractivity contribution < 1.29 is 35.9 Å². The van der Waals surface area contributed by atoms with Crippen molar-refractivity contribution in [2.24, 2.45) is 5.10 Å². The third-order valence-corrected chi connectivity index (χ3v) is 5.55. The molecule has 2 aromatic carbocycles.